The fourth-order valence-electron chi connectivity index (χ4n) is 1.23. The molecule has 0 radical (unpaired) electrons. The first-order valence-corrected chi connectivity index (χ1v) is 5.26. The van der Waals surface area contributed by atoms with E-state index in [0.29, 0.717) is 19.8 Å². The molecule has 1 aromatic rings. The number of rotatable bonds is 7. The lowest BCUT2D eigenvalue weighted by Crippen LogP contribution is -2.13. The molecule has 8 heteroatoms. The quantitative estimate of drug-likeness (QED) is 0.426. The summed E-state index contributed by atoms with van der Waals surface area (Å²) in [5.41, 5.74) is -0.518. The van der Waals surface area contributed by atoms with Crippen molar-refractivity contribution in [3.8, 4) is 0 Å². The number of nitrogens with zero attached hydrogens (tertiary/aromatic N) is 2. The molecule has 18 heavy (non-hydrogen) atoms. The zero-order valence-corrected chi connectivity index (χ0v) is 9.75. The topological polar surface area (TPSA) is 115 Å². The van der Waals surface area contributed by atoms with Crippen LogP contribution in [0.5, 0.6) is 0 Å². The molecule has 0 aliphatic rings. The summed E-state index contributed by atoms with van der Waals surface area (Å²) in [7, 11) is 0. The number of carboxylic acids is 1. The van der Waals surface area contributed by atoms with Crippen LogP contribution in [0.15, 0.2) is 12.1 Å². The predicted octanol–water partition coefficient (Wildman–Crippen LogP) is 1.14. The molecule has 0 unspecified atom stereocenters. The van der Waals surface area contributed by atoms with E-state index >= 15 is 0 Å². The van der Waals surface area contributed by atoms with Gasteiger partial charge in [0.1, 0.15) is 0 Å². The van der Waals surface area contributed by atoms with Crippen LogP contribution in [0, 0.1) is 10.1 Å². The Balaban J connectivity index is 2.86. The second-order valence-corrected chi connectivity index (χ2v) is 3.25. The van der Waals surface area contributed by atoms with Crippen LogP contribution in [0.25, 0.3) is 0 Å². The number of aromatic carboxylic acids is 1. The van der Waals surface area contributed by atoms with Crippen molar-refractivity contribution >= 4 is 17.5 Å². The van der Waals surface area contributed by atoms with Crippen molar-refractivity contribution in [2.24, 2.45) is 0 Å². The lowest BCUT2D eigenvalue weighted by molar-refractivity contribution is -0.384. The molecule has 1 aromatic heterocycles. The monoisotopic (exact) mass is 255 g/mol. The summed E-state index contributed by atoms with van der Waals surface area (Å²) in [5, 5.41) is 22.2. The van der Waals surface area contributed by atoms with Crippen molar-refractivity contribution in [2.75, 3.05) is 25.1 Å². The molecule has 0 aliphatic heterocycles. The molecule has 0 spiro atoms. The van der Waals surface area contributed by atoms with E-state index < -0.39 is 10.9 Å². The highest BCUT2D eigenvalue weighted by molar-refractivity contribution is 5.86. The number of carboxylic acid groups (broad SMARTS) is 1. The van der Waals surface area contributed by atoms with E-state index in [1.807, 2.05) is 6.92 Å². The van der Waals surface area contributed by atoms with Gasteiger partial charge in [-0.1, -0.05) is 0 Å². The standard InChI is InChI=1S/C10H13N3O5/c1-2-18-6-5-11-9-8(13(16)17)4-3-7(12-9)10(14)15/h3-4H,2,5-6H2,1H3,(H,11,12)(H,14,15). The number of nitro groups is 1. The van der Waals surface area contributed by atoms with E-state index in [0.717, 1.165) is 12.1 Å². The van der Waals surface area contributed by atoms with Gasteiger partial charge in [0.05, 0.1) is 11.5 Å². The van der Waals surface area contributed by atoms with Crippen LogP contribution in [0.2, 0.25) is 0 Å². The third-order valence-electron chi connectivity index (χ3n) is 2.03. The van der Waals surface area contributed by atoms with Crippen molar-refractivity contribution in [2.45, 2.75) is 6.92 Å². The Morgan fingerprint density at radius 1 is 1.61 bits per heavy atom. The maximum Gasteiger partial charge on any atom is 0.354 e. The van der Waals surface area contributed by atoms with E-state index in [4.69, 9.17) is 9.84 Å². The summed E-state index contributed by atoms with van der Waals surface area (Å²) in [6, 6.07) is 2.20. The fraction of sp³-hybridized carbons (Fsp3) is 0.400. The highest BCUT2D eigenvalue weighted by atomic mass is 16.6. The minimum Gasteiger partial charge on any atom is -0.477 e. The first kappa shape index (κ1) is 13.8. The van der Waals surface area contributed by atoms with Gasteiger partial charge in [0.15, 0.2) is 5.69 Å². The second kappa shape index (κ2) is 6.50. The van der Waals surface area contributed by atoms with Crippen LogP contribution in [0.4, 0.5) is 11.5 Å². The van der Waals surface area contributed by atoms with Gasteiger partial charge in [0, 0.05) is 19.2 Å². The van der Waals surface area contributed by atoms with Crippen LogP contribution in [0.3, 0.4) is 0 Å². The Labute approximate surface area is 103 Å². The number of anilines is 1. The molecule has 0 fully saturated rings. The number of hydrogen-bond acceptors (Lipinski definition) is 6. The average molecular weight is 255 g/mol. The molecule has 2 N–H and O–H groups in total. The summed E-state index contributed by atoms with van der Waals surface area (Å²) in [4.78, 5) is 24.5. The highest BCUT2D eigenvalue weighted by Crippen LogP contribution is 2.21. The molecular formula is C10H13N3O5. The predicted molar refractivity (Wildman–Crippen MR) is 62.8 cm³/mol. The number of aromatic nitrogens is 1. The Morgan fingerprint density at radius 3 is 2.89 bits per heavy atom. The number of ether oxygens (including phenoxy) is 1. The van der Waals surface area contributed by atoms with E-state index in [-0.39, 0.29) is 17.2 Å². The molecule has 0 amide bonds. The van der Waals surface area contributed by atoms with Gasteiger partial charge in [0.25, 0.3) is 0 Å². The largest absolute Gasteiger partial charge is 0.477 e. The molecule has 0 saturated heterocycles. The summed E-state index contributed by atoms with van der Waals surface area (Å²) in [6.45, 7) is 3.02. The van der Waals surface area contributed by atoms with Crippen molar-refractivity contribution in [1.29, 1.82) is 0 Å². The zero-order valence-electron chi connectivity index (χ0n) is 9.75. The molecular weight excluding hydrogens is 242 g/mol. The smallest absolute Gasteiger partial charge is 0.354 e. The van der Waals surface area contributed by atoms with E-state index in [9.17, 15) is 14.9 Å². The third-order valence-corrected chi connectivity index (χ3v) is 2.03. The minimum absolute atomic E-state index is 0.0698. The summed E-state index contributed by atoms with van der Waals surface area (Å²) in [5.74, 6) is -1.31. The second-order valence-electron chi connectivity index (χ2n) is 3.25. The molecule has 0 bridgehead atoms. The molecule has 98 valence electrons. The normalized spacial score (nSPS) is 10.1. The Morgan fingerprint density at radius 2 is 2.33 bits per heavy atom. The van der Waals surface area contributed by atoms with Crippen molar-refractivity contribution < 1.29 is 19.6 Å². The number of carbonyl (C=O) groups is 1. The molecule has 0 saturated carbocycles. The van der Waals surface area contributed by atoms with Crippen molar-refractivity contribution in [3.63, 3.8) is 0 Å². The zero-order chi connectivity index (χ0) is 13.5. The highest BCUT2D eigenvalue weighted by Gasteiger charge is 2.17. The lowest BCUT2D eigenvalue weighted by atomic mass is 10.3. The Kier molecular flexibility index (Phi) is 5.00. The minimum atomic E-state index is -1.24. The summed E-state index contributed by atoms with van der Waals surface area (Å²) < 4.78 is 5.06. The van der Waals surface area contributed by atoms with Crippen LogP contribution in [0.1, 0.15) is 17.4 Å². The van der Waals surface area contributed by atoms with E-state index in [1.165, 1.54) is 0 Å². The molecule has 0 atom stereocenters. The van der Waals surface area contributed by atoms with Gasteiger partial charge < -0.3 is 15.2 Å². The van der Waals surface area contributed by atoms with Crippen molar-refractivity contribution in [3.05, 3.63) is 27.9 Å². The van der Waals surface area contributed by atoms with Gasteiger partial charge in [-0.3, -0.25) is 10.1 Å². The van der Waals surface area contributed by atoms with Crippen LogP contribution < -0.4 is 5.32 Å². The van der Waals surface area contributed by atoms with Gasteiger partial charge in [0.2, 0.25) is 5.82 Å². The van der Waals surface area contributed by atoms with Crippen molar-refractivity contribution in [1.82, 2.24) is 4.98 Å². The lowest BCUT2D eigenvalue weighted by Gasteiger charge is -2.06. The molecule has 0 aromatic carbocycles. The van der Waals surface area contributed by atoms with Crippen LogP contribution in [-0.4, -0.2) is 40.7 Å². The van der Waals surface area contributed by atoms with Crippen LogP contribution >= 0.6 is 0 Å². The fourth-order valence-corrected chi connectivity index (χ4v) is 1.23. The van der Waals surface area contributed by atoms with E-state index in [2.05, 4.69) is 10.3 Å². The van der Waals surface area contributed by atoms with Gasteiger partial charge in [-0.25, -0.2) is 9.78 Å². The van der Waals surface area contributed by atoms with Gasteiger partial charge in [-0.05, 0) is 13.0 Å². The maximum absolute atomic E-state index is 10.7. The van der Waals surface area contributed by atoms with E-state index in [1.54, 1.807) is 0 Å². The van der Waals surface area contributed by atoms with Gasteiger partial charge in [-0.2, -0.15) is 0 Å². The SMILES string of the molecule is CCOCCNc1nc(C(=O)O)ccc1[N+](=O)[O-]. The number of nitrogens with one attached hydrogen (secondary N) is 1. The Bertz CT molecular complexity index is 449. The third kappa shape index (κ3) is 3.67. The molecule has 0 aliphatic carbocycles. The molecule has 1 heterocycles. The maximum atomic E-state index is 10.7. The summed E-state index contributed by atoms with van der Waals surface area (Å²) in [6.07, 6.45) is 0. The Hall–Kier alpha value is -2.22. The summed E-state index contributed by atoms with van der Waals surface area (Å²) >= 11 is 0. The van der Waals surface area contributed by atoms with Gasteiger partial charge in [-0.15, -0.1) is 0 Å². The van der Waals surface area contributed by atoms with Gasteiger partial charge >= 0.3 is 11.7 Å². The first-order chi connectivity index (χ1) is 8.56. The number of hydrogen-bond donors (Lipinski definition) is 2. The molecule has 8 nitrogen and oxygen atoms in total. The molecule has 1 rings (SSSR count). The average Bonchev–Trinajstić information content (AvgIpc) is 2.34. The number of pyridine rings is 1. The first-order valence-electron chi connectivity index (χ1n) is 5.26. The van der Waals surface area contributed by atoms with Crippen LogP contribution in [-0.2, 0) is 4.74 Å².